The molecule has 2 aliphatic heterocycles. The van der Waals surface area contributed by atoms with Crippen LogP contribution in [0.15, 0.2) is 30.3 Å². The summed E-state index contributed by atoms with van der Waals surface area (Å²) in [5, 5.41) is 6.15. The molecule has 0 spiro atoms. The van der Waals surface area contributed by atoms with E-state index in [0.717, 1.165) is 45.7 Å². The SMILES string of the molecule is O=C(NCCCC(=O)N1CCN(c2ccccc2)CC1)C1CCNC1. The molecule has 3 rings (SSSR count). The lowest BCUT2D eigenvalue weighted by Crippen LogP contribution is -2.48. The maximum Gasteiger partial charge on any atom is 0.224 e. The quantitative estimate of drug-likeness (QED) is 0.751. The van der Waals surface area contributed by atoms with E-state index in [1.54, 1.807) is 0 Å². The van der Waals surface area contributed by atoms with Crippen molar-refractivity contribution in [1.29, 1.82) is 0 Å². The van der Waals surface area contributed by atoms with E-state index in [4.69, 9.17) is 0 Å². The Bertz CT molecular complexity index is 564. The van der Waals surface area contributed by atoms with E-state index >= 15 is 0 Å². The second-order valence-electron chi connectivity index (χ2n) is 6.79. The van der Waals surface area contributed by atoms with Gasteiger partial charge in [-0.05, 0) is 31.5 Å². The zero-order chi connectivity index (χ0) is 17.5. The molecule has 2 N–H and O–H groups in total. The van der Waals surface area contributed by atoms with Gasteiger partial charge in [0.05, 0.1) is 5.92 Å². The lowest BCUT2D eigenvalue weighted by Gasteiger charge is -2.36. The van der Waals surface area contributed by atoms with Crippen LogP contribution < -0.4 is 15.5 Å². The van der Waals surface area contributed by atoms with Crippen LogP contribution in [-0.2, 0) is 9.59 Å². The number of carbonyl (C=O) groups excluding carboxylic acids is 2. The molecule has 6 nitrogen and oxygen atoms in total. The van der Waals surface area contributed by atoms with Gasteiger partial charge in [0.2, 0.25) is 11.8 Å². The van der Waals surface area contributed by atoms with Crippen LogP contribution in [0.1, 0.15) is 19.3 Å². The van der Waals surface area contributed by atoms with E-state index in [-0.39, 0.29) is 17.7 Å². The highest BCUT2D eigenvalue weighted by Crippen LogP contribution is 2.16. The highest BCUT2D eigenvalue weighted by atomic mass is 16.2. The van der Waals surface area contributed by atoms with Crippen molar-refractivity contribution in [2.75, 3.05) is 50.7 Å². The van der Waals surface area contributed by atoms with Crippen molar-refractivity contribution in [1.82, 2.24) is 15.5 Å². The van der Waals surface area contributed by atoms with Gasteiger partial charge in [0, 0.05) is 51.4 Å². The number of amides is 2. The molecule has 0 aromatic heterocycles. The molecule has 0 bridgehead atoms. The molecule has 2 aliphatic rings. The third-order valence-corrected chi connectivity index (χ3v) is 5.05. The van der Waals surface area contributed by atoms with Gasteiger partial charge in [0.25, 0.3) is 0 Å². The van der Waals surface area contributed by atoms with E-state index in [0.29, 0.717) is 19.4 Å². The molecule has 2 saturated heterocycles. The monoisotopic (exact) mass is 344 g/mol. The van der Waals surface area contributed by atoms with E-state index in [9.17, 15) is 9.59 Å². The molecule has 1 aromatic carbocycles. The third-order valence-electron chi connectivity index (χ3n) is 5.05. The van der Waals surface area contributed by atoms with Gasteiger partial charge in [-0.3, -0.25) is 9.59 Å². The summed E-state index contributed by atoms with van der Waals surface area (Å²) in [4.78, 5) is 28.5. The Morgan fingerprint density at radius 2 is 1.88 bits per heavy atom. The molecule has 0 aliphatic carbocycles. The molecule has 2 fully saturated rings. The summed E-state index contributed by atoms with van der Waals surface area (Å²) < 4.78 is 0. The average Bonchev–Trinajstić information content (AvgIpc) is 3.21. The number of anilines is 1. The molecule has 1 unspecified atom stereocenters. The highest BCUT2D eigenvalue weighted by molar-refractivity contribution is 5.79. The number of hydrogen-bond donors (Lipinski definition) is 2. The summed E-state index contributed by atoms with van der Waals surface area (Å²) >= 11 is 0. The number of nitrogens with zero attached hydrogens (tertiary/aromatic N) is 2. The number of nitrogens with one attached hydrogen (secondary N) is 2. The van der Waals surface area contributed by atoms with Crippen LogP contribution in [0.2, 0.25) is 0 Å². The van der Waals surface area contributed by atoms with Gasteiger partial charge < -0.3 is 20.4 Å². The minimum atomic E-state index is 0.0989. The Hall–Kier alpha value is -2.08. The molecule has 6 heteroatoms. The summed E-state index contributed by atoms with van der Waals surface area (Å²) in [6.45, 7) is 5.58. The van der Waals surface area contributed by atoms with E-state index in [1.165, 1.54) is 5.69 Å². The Labute approximate surface area is 149 Å². The standard InChI is InChI=1S/C19H28N4O2/c24-18(7-4-9-21-19(25)16-8-10-20-15-16)23-13-11-22(12-14-23)17-5-2-1-3-6-17/h1-3,5-6,16,20H,4,7-15H2,(H,21,25). The third kappa shape index (κ3) is 4.95. The molecule has 0 saturated carbocycles. The van der Waals surface area contributed by atoms with Crippen LogP contribution in [0, 0.1) is 5.92 Å². The van der Waals surface area contributed by atoms with Gasteiger partial charge in [0.15, 0.2) is 0 Å². The molecular weight excluding hydrogens is 316 g/mol. The van der Waals surface area contributed by atoms with Crippen molar-refractivity contribution in [3.63, 3.8) is 0 Å². The van der Waals surface area contributed by atoms with Gasteiger partial charge >= 0.3 is 0 Å². The minimum Gasteiger partial charge on any atom is -0.368 e. The number of carbonyl (C=O) groups is 2. The fourth-order valence-electron chi connectivity index (χ4n) is 3.48. The zero-order valence-electron chi connectivity index (χ0n) is 14.7. The second kappa shape index (κ2) is 8.85. The van der Waals surface area contributed by atoms with E-state index in [2.05, 4.69) is 27.7 Å². The summed E-state index contributed by atoms with van der Waals surface area (Å²) in [5.41, 5.74) is 1.22. The lowest BCUT2D eigenvalue weighted by molar-refractivity contribution is -0.132. The van der Waals surface area contributed by atoms with E-state index in [1.807, 2.05) is 23.1 Å². The van der Waals surface area contributed by atoms with Crippen molar-refractivity contribution in [2.24, 2.45) is 5.92 Å². The van der Waals surface area contributed by atoms with Crippen molar-refractivity contribution in [2.45, 2.75) is 19.3 Å². The largest absolute Gasteiger partial charge is 0.368 e. The van der Waals surface area contributed by atoms with Crippen LogP contribution >= 0.6 is 0 Å². The molecule has 2 amide bonds. The van der Waals surface area contributed by atoms with Gasteiger partial charge in [-0.25, -0.2) is 0 Å². The highest BCUT2D eigenvalue weighted by Gasteiger charge is 2.23. The molecule has 0 radical (unpaired) electrons. The molecular formula is C19H28N4O2. The Morgan fingerprint density at radius 3 is 2.56 bits per heavy atom. The molecule has 136 valence electrons. The average molecular weight is 344 g/mol. The molecule has 25 heavy (non-hydrogen) atoms. The minimum absolute atomic E-state index is 0.0989. The van der Waals surface area contributed by atoms with Crippen LogP contribution in [0.5, 0.6) is 0 Å². The maximum atomic E-state index is 12.3. The van der Waals surface area contributed by atoms with Crippen molar-refractivity contribution in [3.8, 4) is 0 Å². The zero-order valence-corrected chi connectivity index (χ0v) is 14.7. The summed E-state index contributed by atoms with van der Waals surface area (Å²) in [5.74, 6) is 0.417. The predicted molar refractivity (Wildman–Crippen MR) is 98.5 cm³/mol. The number of hydrogen-bond acceptors (Lipinski definition) is 4. The fraction of sp³-hybridized carbons (Fsp3) is 0.579. The lowest BCUT2D eigenvalue weighted by atomic mass is 10.1. The van der Waals surface area contributed by atoms with Crippen LogP contribution in [0.3, 0.4) is 0 Å². The van der Waals surface area contributed by atoms with Gasteiger partial charge in [-0.2, -0.15) is 0 Å². The normalized spacial score (nSPS) is 20.6. The number of piperazine rings is 1. The van der Waals surface area contributed by atoms with Crippen molar-refractivity contribution < 1.29 is 9.59 Å². The predicted octanol–water partition coefficient (Wildman–Crippen LogP) is 0.841. The second-order valence-corrected chi connectivity index (χ2v) is 6.79. The summed E-state index contributed by atoms with van der Waals surface area (Å²) in [7, 11) is 0. The van der Waals surface area contributed by atoms with Crippen LogP contribution in [0.25, 0.3) is 0 Å². The fourth-order valence-corrected chi connectivity index (χ4v) is 3.48. The van der Waals surface area contributed by atoms with Crippen LogP contribution in [0.4, 0.5) is 5.69 Å². The van der Waals surface area contributed by atoms with Gasteiger partial charge in [0.1, 0.15) is 0 Å². The number of para-hydroxylation sites is 1. The first kappa shape index (κ1) is 17.7. The van der Waals surface area contributed by atoms with Gasteiger partial charge in [-0.15, -0.1) is 0 Å². The van der Waals surface area contributed by atoms with Crippen molar-refractivity contribution >= 4 is 17.5 Å². The van der Waals surface area contributed by atoms with Crippen LogP contribution in [-0.4, -0.2) is 62.5 Å². The molecule has 2 heterocycles. The Morgan fingerprint density at radius 1 is 1.12 bits per heavy atom. The topological polar surface area (TPSA) is 64.7 Å². The smallest absolute Gasteiger partial charge is 0.224 e. The molecule has 1 aromatic rings. The summed E-state index contributed by atoms with van der Waals surface area (Å²) in [6, 6.07) is 10.3. The van der Waals surface area contributed by atoms with Crippen molar-refractivity contribution in [3.05, 3.63) is 30.3 Å². The summed E-state index contributed by atoms with van der Waals surface area (Å²) in [6.07, 6.45) is 2.13. The Balaban J connectivity index is 1.32. The number of benzene rings is 1. The molecule has 1 atom stereocenters. The Kier molecular flexibility index (Phi) is 6.28. The first-order chi connectivity index (χ1) is 12.2. The van der Waals surface area contributed by atoms with E-state index < -0.39 is 0 Å². The first-order valence-electron chi connectivity index (χ1n) is 9.30. The first-order valence-corrected chi connectivity index (χ1v) is 9.30. The maximum absolute atomic E-state index is 12.3. The number of rotatable bonds is 6. The van der Waals surface area contributed by atoms with Gasteiger partial charge in [-0.1, -0.05) is 18.2 Å².